The van der Waals surface area contributed by atoms with Crippen molar-refractivity contribution >= 4 is 22.9 Å². The molecule has 0 spiro atoms. The Morgan fingerprint density at radius 2 is 1.91 bits per heavy atom. The molecule has 0 saturated heterocycles. The van der Waals surface area contributed by atoms with Crippen molar-refractivity contribution in [1.82, 2.24) is 0 Å². The fraction of sp³-hybridized carbons (Fsp3) is 0.400. The van der Waals surface area contributed by atoms with Crippen molar-refractivity contribution in [3.05, 3.63) is 49.6 Å². The van der Waals surface area contributed by atoms with Crippen LogP contribution in [0.3, 0.4) is 0 Å². The molecule has 0 aliphatic rings. The average molecular weight is 322 g/mol. The van der Waals surface area contributed by atoms with E-state index in [4.69, 9.17) is 0 Å². The van der Waals surface area contributed by atoms with E-state index < -0.39 is 21.5 Å². The third-order valence-corrected chi connectivity index (χ3v) is 3.65. The van der Waals surface area contributed by atoms with Crippen LogP contribution >= 0.6 is 0 Å². The molecule has 1 atom stereocenters. The van der Waals surface area contributed by atoms with E-state index in [1.807, 2.05) is 6.92 Å². The van der Waals surface area contributed by atoms with Crippen LogP contribution in [0.25, 0.3) is 5.57 Å². The molecule has 8 nitrogen and oxygen atoms in total. The number of hydrogen-bond acceptors (Lipinski definition) is 6. The van der Waals surface area contributed by atoms with Gasteiger partial charge in [0.2, 0.25) is 0 Å². The van der Waals surface area contributed by atoms with E-state index in [1.54, 1.807) is 13.8 Å². The number of hydrogen-bond donors (Lipinski definition) is 0. The van der Waals surface area contributed by atoms with Gasteiger partial charge in [-0.15, -0.1) is 0 Å². The molecule has 0 N–H and O–H groups in total. The van der Waals surface area contributed by atoms with Crippen molar-refractivity contribution in [3.8, 4) is 0 Å². The zero-order chi connectivity index (χ0) is 17.7. The first kappa shape index (κ1) is 18.3. The summed E-state index contributed by atoms with van der Waals surface area (Å²) >= 11 is 0. The van der Waals surface area contributed by atoms with E-state index in [-0.39, 0.29) is 22.7 Å². The molecule has 0 bridgehead atoms. The van der Waals surface area contributed by atoms with Gasteiger partial charge in [0.1, 0.15) is 0 Å². The summed E-state index contributed by atoms with van der Waals surface area (Å²) < 4.78 is 4.67. The van der Waals surface area contributed by atoms with Crippen molar-refractivity contribution in [2.75, 3.05) is 7.11 Å². The number of ether oxygens (including phenoxy) is 1. The largest absolute Gasteiger partial charge is 0.465 e. The molecule has 0 radical (unpaired) electrons. The molecule has 0 aliphatic carbocycles. The zero-order valence-electron chi connectivity index (χ0n) is 13.4. The van der Waals surface area contributed by atoms with Gasteiger partial charge in [0.05, 0.1) is 34.2 Å². The zero-order valence-corrected chi connectivity index (χ0v) is 13.4. The third-order valence-electron chi connectivity index (χ3n) is 3.65. The van der Waals surface area contributed by atoms with E-state index in [1.165, 1.54) is 19.3 Å². The van der Waals surface area contributed by atoms with Gasteiger partial charge in [-0.3, -0.25) is 20.2 Å². The summed E-state index contributed by atoms with van der Waals surface area (Å²) in [6.07, 6.45) is 2.01. The maximum atomic E-state index is 12.0. The van der Waals surface area contributed by atoms with Gasteiger partial charge in [-0.25, -0.2) is 4.79 Å². The minimum atomic E-state index is -0.728. The number of carbonyl (C=O) groups excluding carboxylic acids is 1. The third kappa shape index (κ3) is 3.71. The Morgan fingerprint density at radius 1 is 1.30 bits per heavy atom. The van der Waals surface area contributed by atoms with Crippen LogP contribution in [0, 0.1) is 20.2 Å². The Kier molecular flexibility index (Phi) is 5.94. The summed E-state index contributed by atoms with van der Waals surface area (Å²) in [6.45, 7) is 5.20. The highest BCUT2D eigenvalue weighted by atomic mass is 16.6. The van der Waals surface area contributed by atoms with Gasteiger partial charge in [-0.05, 0) is 24.8 Å². The molecule has 1 unspecified atom stereocenters. The van der Waals surface area contributed by atoms with Gasteiger partial charge >= 0.3 is 5.97 Å². The molecular weight excluding hydrogens is 304 g/mol. The van der Waals surface area contributed by atoms with Crippen LogP contribution in [-0.2, 0) is 9.53 Å². The first-order chi connectivity index (χ1) is 10.8. The Morgan fingerprint density at radius 3 is 2.30 bits per heavy atom. The maximum Gasteiger partial charge on any atom is 0.338 e. The second-order valence-electron chi connectivity index (χ2n) is 4.95. The highest BCUT2D eigenvalue weighted by Crippen LogP contribution is 2.38. The smallest absolute Gasteiger partial charge is 0.338 e. The lowest BCUT2D eigenvalue weighted by Gasteiger charge is -2.16. The molecule has 1 aromatic carbocycles. The lowest BCUT2D eigenvalue weighted by atomic mass is 9.88. The monoisotopic (exact) mass is 322 g/mol. The second-order valence-corrected chi connectivity index (χ2v) is 4.95. The summed E-state index contributed by atoms with van der Waals surface area (Å²) in [6, 6.07) is 2.15. The Bertz CT molecular complexity index is 681. The molecule has 1 rings (SSSR count). The van der Waals surface area contributed by atoms with Crippen LogP contribution < -0.4 is 0 Å². The molecule has 23 heavy (non-hydrogen) atoms. The van der Waals surface area contributed by atoms with Crippen LogP contribution in [0.4, 0.5) is 11.4 Å². The normalized spacial score (nSPS) is 12.6. The number of nitrogens with zero attached hydrogens (tertiary/aromatic N) is 2. The Balaban J connectivity index is 3.86. The number of rotatable bonds is 6. The van der Waals surface area contributed by atoms with Crippen LogP contribution in [0.1, 0.15) is 44.2 Å². The van der Waals surface area contributed by atoms with Crippen LogP contribution in [0.2, 0.25) is 0 Å². The van der Waals surface area contributed by atoms with Crippen molar-refractivity contribution in [2.45, 2.75) is 33.1 Å². The van der Waals surface area contributed by atoms with Crippen LogP contribution in [0.15, 0.2) is 18.2 Å². The van der Waals surface area contributed by atoms with E-state index in [2.05, 4.69) is 4.74 Å². The SMILES string of the molecule is CC=C(C(=O)OC)c1c(C(C)CC)cc([N+](=O)[O-])cc1[N+](=O)[O-]. The van der Waals surface area contributed by atoms with Gasteiger partial charge in [0.25, 0.3) is 11.4 Å². The fourth-order valence-electron chi connectivity index (χ4n) is 2.26. The first-order valence-electron chi connectivity index (χ1n) is 7.00. The summed E-state index contributed by atoms with van der Waals surface area (Å²) in [7, 11) is 1.17. The van der Waals surface area contributed by atoms with Gasteiger partial charge in [-0.1, -0.05) is 19.9 Å². The molecule has 0 amide bonds. The first-order valence-corrected chi connectivity index (χ1v) is 7.00. The highest BCUT2D eigenvalue weighted by Gasteiger charge is 2.30. The molecular formula is C15H18N2O6. The molecule has 8 heteroatoms. The molecule has 0 aromatic heterocycles. The van der Waals surface area contributed by atoms with Gasteiger partial charge < -0.3 is 4.74 Å². The van der Waals surface area contributed by atoms with E-state index in [0.29, 0.717) is 12.0 Å². The Hall–Kier alpha value is -2.77. The number of nitro benzene ring substituents is 2. The standard InChI is InChI=1S/C15H18N2O6/c1-5-9(3)12-7-10(16(19)20)8-13(17(21)22)14(12)11(6-2)15(18)23-4/h6-9H,5H2,1-4H3. The summed E-state index contributed by atoms with van der Waals surface area (Å²) in [5, 5.41) is 22.5. The summed E-state index contributed by atoms with van der Waals surface area (Å²) in [4.78, 5) is 33.0. The van der Waals surface area contributed by atoms with E-state index >= 15 is 0 Å². The molecule has 0 aliphatic heterocycles. The predicted molar refractivity (Wildman–Crippen MR) is 84.1 cm³/mol. The van der Waals surface area contributed by atoms with Crippen molar-refractivity contribution in [3.63, 3.8) is 0 Å². The number of carbonyl (C=O) groups is 1. The number of nitro groups is 2. The molecule has 124 valence electrons. The molecule has 0 fully saturated rings. The Labute approximate surface area is 133 Å². The molecule has 0 heterocycles. The lowest BCUT2D eigenvalue weighted by molar-refractivity contribution is -0.394. The van der Waals surface area contributed by atoms with E-state index in [0.717, 1.165) is 6.07 Å². The minimum absolute atomic E-state index is 0.0180. The topological polar surface area (TPSA) is 113 Å². The van der Waals surface area contributed by atoms with E-state index in [9.17, 15) is 25.0 Å². The maximum absolute atomic E-state index is 12.0. The predicted octanol–water partition coefficient (Wildman–Crippen LogP) is 3.59. The lowest BCUT2D eigenvalue weighted by Crippen LogP contribution is -2.11. The van der Waals surface area contributed by atoms with Crippen LogP contribution in [-0.4, -0.2) is 22.9 Å². The molecule has 1 aromatic rings. The van der Waals surface area contributed by atoms with Crippen LogP contribution in [0.5, 0.6) is 0 Å². The number of methoxy groups -OCH3 is 1. The number of benzene rings is 1. The highest BCUT2D eigenvalue weighted by molar-refractivity contribution is 6.18. The van der Waals surface area contributed by atoms with Crippen molar-refractivity contribution in [2.24, 2.45) is 0 Å². The second kappa shape index (κ2) is 7.48. The number of allylic oxidation sites excluding steroid dienone is 1. The quantitative estimate of drug-likeness (QED) is 0.342. The average Bonchev–Trinajstić information content (AvgIpc) is 2.53. The van der Waals surface area contributed by atoms with Gasteiger partial charge in [0.15, 0.2) is 0 Å². The van der Waals surface area contributed by atoms with Crippen molar-refractivity contribution in [1.29, 1.82) is 0 Å². The van der Waals surface area contributed by atoms with Gasteiger partial charge in [-0.2, -0.15) is 0 Å². The number of esters is 1. The summed E-state index contributed by atoms with van der Waals surface area (Å²) in [5.74, 6) is -0.933. The summed E-state index contributed by atoms with van der Waals surface area (Å²) in [5.41, 5.74) is -0.385. The molecule has 0 saturated carbocycles. The van der Waals surface area contributed by atoms with Gasteiger partial charge in [0, 0.05) is 6.07 Å². The minimum Gasteiger partial charge on any atom is -0.465 e. The fourth-order valence-corrected chi connectivity index (χ4v) is 2.26. The van der Waals surface area contributed by atoms with Crippen molar-refractivity contribution < 1.29 is 19.4 Å². The number of non-ortho nitro benzene ring substituents is 1.